The zero-order valence-corrected chi connectivity index (χ0v) is 12.6. The summed E-state index contributed by atoms with van der Waals surface area (Å²) in [5.74, 6) is 0. The minimum atomic E-state index is 0.255. The molecule has 1 heterocycles. The number of benzene rings is 1. The molecule has 1 aromatic carbocycles. The number of ether oxygens (including phenoxy) is 1. The molecule has 2 rings (SSSR count). The molecule has 1 aliphatic heterocycles. The smallest absolute Gasteiger partial charge is 0.0876 e. The van der Waals surface area contributed by atoms with Crippen molar-refractivity contribution in [1.29, 1.82) is 0 Å². The Kier molecular flexibility index (Phi) is 4.84. The van der Waals surface area contributed by atoms with Gasteiger partial charge in [0.2, 0.25) is 0 Å². The molecule has 98 valence electrons. The van der Waals surface area contributed by atoms with E-state index in [-0.39, 0.29) is 6.04 Å². The molecular weight excluding hydrogens is 290 g/mol. The maximum atomic E-state index is 5.48. The van der Waals surface area contributed by atoms with Crippen molar-refractivity contribution in [1.82, 2.24) is 5.32 Å². The largest absolute Gasteiger partial charge is 0.501 e. The summed E-state index contributed by atoms with van der Waals surface area (Å²) >= 11 is 3.68. The molecule has 0 amide bonds. The minimum absolute atomic E-state index is 0.255. The van der Waals surface area contributed by atoms with Gasteiger partial charge in [-0.2, -0.15) is 0 Å². The third-order valence-corrected chi connectivity index (χ3v) is 3.90. The number of aryl methyl sites for hydroxylation is 1. The molecular formula is C15H20BrNO. The Labute approximate surface area is 118 Å². The molecule has 3 heteroatoms. The van der Waals surface area contributed by atoms with Gasteiger partial charge in [0.25, 0.3) is 0 Å². The van der Waals surface area contributed by atoms with E-state index >= 15 is 0 Å². The first-order valence-corrected chi connectivity index (χ1v) is 7.31. The van der Waals surface area contributed by atoms with Crippen molar-refractivity contribution in [3.05, 3.63) is 45.6 Å². The van der Waals surface area contributed by atoms with E-state index in [0.717, 1.165) is 26.0 Å². The van der Waals surface area contributed by atoms with Crippen LogP contribution in [-0.4, -0.2) is 13.2 Å². The molecule has 18 heavy (non-hydrogen) atoms. The lowest BCUT2D eigenvalue weighted by Gasteiger charge is -2.25. The Balaban J connectivity index is 2.31. The van der Waals surface area contributed by atoms with Gasteiger partial charge < -0.3 is 10.1 Å². The highest BCUT2D eigenvalue weighted by Crippen LogP contribution is 2.32. The highest BCUT2D eigenvalue weighted by atomic mass is 79.9. The van der Waals surface area contributed by atoms with E-state index in [4.69, 9.17) is 4.74 Å². The van der Waals surface area contributed by atoms with E-state index < -0.39 is 0 Å². The predicted octanol–water partition coefficient (Wildman–Crippen LogP) is 4.10. The van der Waals surface area contributed by atoms with Crippen LogP contribution in [0.25, 0.3) is 0 Å². The second kappa shape index (κ2) is 6.39. The van der Waals surface area contributed by atoms with Crippen molar-refractivity contribution in [2.75, 3.05) is 13.2 Å². The van der Waals surface area contributed by atoms with Crippen LogP contribution in [0.5, 0.6) is 0 Å². The summed E-state index contributed by atoms with van der Waals surface area (Å²) in [5, 5.41) is 3.55. The van der Waals surface area contributed by atoms with Gasteiger partial charge in [-0.3, -0.25) is 0 Å². The van der Waals surface area contributed by atoms with Crippen molar-refractivity contribution >= 4 is 15.9 Å². The van der Waals surface area contributed by atoms with Crippen LogP contribution < -0.4 is 5.32 Å². The maximum absolute atomic E-state index is 5.48. The fourth-order valence-corrected chi connectivity index (χ4v) is 3.03. The Morgan fingerprint density at radius 1 is 1.44 bits per heavy atom. The van der Waals surface area contributed by atoms with E-state index in [9.17, 15) is 0 Å². The van der Waals surface area contributed by atoms with Gasteiger partial charge in [-0.1, -0.05) is 35.0 Å². The summed E-state index contributed by atoms with van der Waals surface area (Å²) in [6, 6.07) is 6.78. The third kappa shape index (κ3) is 3.15. The lowest BCUT2D eigenvalue weighted by molar-refractivity contribution is 0.219. The number of halogens is 1. The van der Waals surface area contributed by atoms with Crippen LogP contribution in [0.4, 0.5) is 0 Å². The van der Waals surface area contributed by atoms with Gasteiger partial charge in [-0.25, -0.2) is 0 Å². The number of hydrogen-bond donors (Lipinski definition) is 1. The van der Waals surface area contributed by atoms with Crippen LogP contribution in [0.2, 0.25) is 0 Å². The number of likely N-dealkylation sites (N-methyl/N-ethyl adjacent to an activating group) is 1. The molecule has 0 radical (unpaired) electrons. The van der Waals surface area contributed by atoms with Crippen LogP contribution in [0, 0.1) is 6.92 Å². The Bertz CT molecular complexity index is 442. The first-order valence-electron chi connectivity index (χ1n) is 6.52. The molecule has 1 atom stereocenters. The van der Waals surface area contributed by atoms with Crippen molar-refractivity contribution in [2.24, 2.45) is 0 Å². The van der Waals surface area contributed by atoms with Gasteiger partial charge in [-0.15, -0.1) is 0 Å². The van der Waals surface area contributed by atoms with E-state index in [1.54, 1.807) is 0 Å². The Morgan fingerprint density at radius 3 is 2.89 bits per heavy atom. The summed E-state index contributed by atoms with van der Waals surface area (Å²) in [7, 11) is 0. The number of hydrogen-bond acceptors (Lipinski definition) is 2. The summed E-state index contributed by atoms with van der Waals surface area (Å²) in [4.78, 5) is 0. The monoisotopic (exact) mass is 309 g/mol. The molecule has 1 aliphatic rings. The Hall–Kier alpha value is -0.800. The fraction of sp³-hybridized carbons (Fsp3) is 0.467. The molecule has 0 spiro atoms. The molecule has 2 nitrogen and oxygen atoms in total. The van der Waals surface area contributed by atoms with Gasteiger partial charge in [0.15, 0.2) is 0 Å². The standard InChI is InChI=1S/C15H20BrNO/c1-3-17-15(12-5-4-8-18-10-12)13-7-6-11(2)9-14(13)16/h6-7,9-10,15,17H,3-5,8H2,1-2H3. The number of rotatable bonds is 4. The van der Waals surface area contributed by atoms with Gasteiger partial charge in [0, 0.05) is 4.47 Å². The van der Waals surface area contributed by atoms with Crippen molar-refractivity contribution in [3.8, 4) is 0 Å². The molecule has 1 aromatic rings. The van der Waals surface area contributed by atoms with Gasteiger partial charge in [0.05, 0.1) is 18.9 Å². The zero-order chi connectivity index (χ0) is 13.0. The summed E-state index contributed by atoms with van der Waals surface area (Å²) in [5.41, 5.74) is 3.90. The van der Waals surface area contributed by atoms with Crippen molar-refractivity contribution in [3.63, 3.8) is 0 Å². The predicted molar refractivity (Wildman–Crippen MR) is 78.6 cm³/mol. The number of nitrogens with one attached hydrogen (secondary N) is 1. The highest BCUT2D eigenvalue weighted by Gasteiger charge is 2.20. The zero-order valence-electron chi connectivity index (χ0n) is 11.0. The second-order valence-corrected chi connectivity index (χ2v) is 5.54. The SMILES string of the molecule is CCNC(C1=COCCC1)c1ccc(C)cc1Br. The molecule has 0 aliphatic carbocycles. The summed E-state index contributed by atoms with van der Waals surface area (Å²) < 4.78 is 6.64. The first kappa shape index (κ1) is 13.6. The Morgan fingerprint density at radius 2 is 2.28 bits per heavy atom. The summed E-state index contributed by atoms with van der Waals surface area (Å²) in [6.45, 7) is 6.04. The van der Waals surface area contributed by atoms with Crippen LogP contribution in [0.3, 0.4) is 0 Å². The van der Waals surface area contributed by atoms with Crippen molar-refractivity contribution < 1.29 is 4.74 Å². The maximum Gasteiger partial charge on any atom is 0.0876 e. The van der Waals surface area contributed by atoms with E-state index in [1.165, 1.54) is 21.2 Å². The molecule has 0 bridgehead atoms. The van der Waals surface area contributed by atoms with Gasteiger partial charge in [-0.05, 0) is 49.1 Å². The normalized spacial score (nSPS) is 16.9. The van der Waals surface area contributed by atoms with Crippen LogP contribution in [0.15, 0.2) is 34.5 Å². The highest BCUT2D eigenvalue weighted by molar-refractivity contribution is 9.10. The van der Waals surface area contributed by atoms with Crippen LogP contribution >= 0.6 is 15.9 Å². The lowest BCUT2D eigenvalue weighted by atomic mass is 9.94. The third-order valence-electron chi connectivity index (χ3n) is 3.21. The van der Waals surface area contributed by atoms with Crippen LogP contribution in [0.1, 0.15) is 36.9 Å². The van der Waals surface area contributed by atoms with E-state index in [0.29, 0.717) is 0 Å². The molecule has 0 saturated carbocycles. The molecule has 1 N–H and O–H groups in total. The lowest BCUT2D eigenvalue weighted by Crippen LogP contribution is -2.24. The van der Waals surface area contributed by atoms with E-state index in [2.05, 4.69) is 53.3 Å². The topological polar surface area (TPSA) is 21.3 Å². The van der Waals surface area contributed by atoms with E-state index in [1.807, 2.05) is 6.26 Å². The van der Waals surface area contributed by atoms with Crippen molar-refractivity contribution in [2.45, 2.75) is 32.7 Å². The minimum Gasteiger partial charge on any atom is -0.501 e. The molecule has 0 aromatic heterocycles. The summed E-state index contributed by atoms with van der Waals surface area (Å²) in [6.07, 6.45) is 4.15. The first-order chi connectivity index (χ1) is 8.72. The van der Waals surface area contributed by atoms with Gasteiger partial charge >= 0.3 is 0 Å². The van der Waals surface area contributed by atoms with Crippen LogP contribution in [-0.2, 0) is 4.74 Å². The molecule has 0 fully saturated rings. The second-order valence-electron chi connectivity index (χ2n) is 4.68. The fourth-order valence-electron chi connectivity index (χ4n) is 2.31. The molecule has 1 unspecified atom stereocenters. The average Bonchev–Trinajstić information content (AvgIpc) is 2.38. The quantitative estimate of drug-likeness (QED) is 0.904. The van der Waals surface area contributed by atoms with Gasteiger partial charge in [0.1, 0.15) is 0 Å². The average molecular weight is 310 g/mol. The molecule has 0 saturated heterocycles.